The van der Waals surface area contributed by atoms with Crippen LogP contribution in [0.5, 0.6) is 0 Å². The van der Waals surface area contributed by atoms with Crippen LogP contribution in [-0.4, -0.2) is 20.4 Å². The van der Waals surface area contributed by atoms with Gasteiger partial charge in [-0.1, -0.05) is 6.07 Å². The molecule has 2 heterocycles. The third-order valence-electron chi connectivity index (χ3n) is 3.35. The summed E-state index contributed by atoms with van der Waals surface area (Å²) < 4.78 is 1.86. The number of fused-ring (bicyclic) bond motifs is 1. The summed E-state index contributed by atoms with van der Waals surface area (Å²) in [6.07, 6.45) is 3.81. The number of carbonyl (C=O) groups excluding carboxylic acids is 1. The van der Waals surface area contributed by atoms with Crippen molar-refractivity contribution in [2.75, 3.05) is 5.32 Å². The average Bonchev–Trinajstić information content (AvgIpc) is 2.95. The molecule has 0 spiro atoms. The number of nitriles is 1. The number of hydrogen-bond donors (Lipinski definition) is 2. The molecule has 3 rings (SSSR count). The second kappa shape index (κ2) is 6.15. The Bertz CT molecular complexity index is 908. The normalized spacial score (nSPS) is 10.4. The zero-order valence-electron chi connectivity index (χ0n) is 12.2. The lowest BCUT2D eigenvalue weighted by atomic mass is 10.2. The first-order valence-electron chi connectivity index (χ1n) is 7.03. The van der Waals surface area contributed by atoms with Crippen molar-refractivity contribution in [2.24, 2.45) is 5.73 Å². The van der Waals surface area contributed by atoms with Crippen molar-refractivity contribution < 1.29 is 4.79 Å². The summed E-state index contributed by atoms with van der Waals surface area (Å²) in [6.45, 7) is 0.471. The smallest absolute Gasteiger partial charge is 0.229 e. The number of nitrogens with one attached hydrogen (secondary N) is 1. The number of nitrogens with zero attached hydrogens (tertiary/aromatic N) is 4. The number of anilines is 2. The second-order valence-corrected chi connectivity index (χ2v) is 5.02. The van der Waals surface area contributed by atoms with Gasteiger partial charge in [-0.05, 0) is 24.3 Å². The van der Waals surface area contributed by atoms with Crippen LogP contribution in [0, 0.1) is 11.3 Å². The maximum Gasteiger partial charge on any atom is 0.229 e. The largest absolute Gasteiger partial charge is 0.370 e. The molecule has 7 nitrogen and oxygen atoms in total. The van der Waals surface area contributed by atoms with Gasteiger partial charge in [0.15, 0.2) is 0 Å². The molecule has 7 heteroatoms. The van der Waals surface area contributed by atoms with Crippen LogP contribution in [0.15, 0.2) is 42.7 Å². The van der Waals surface area contributed by atoms with Crippen molar-refractivity contribution in [3.05, 3.63) is 48.3 Å². The van der Waals surface area contributed by atoms with Gasteiger partial charge < -0.3 is 15.6 Å². The van der Waals surface area contributed by atoms with E-state index in [0.717, 1.165) is 16.7 Å². The van der Waals surface area contributed by atoms with Crippen LogP contribution in [0.25, 0.3) is 11.0 Å². The summed E-state index contributed by atoms with van der Waals surface area (Å²) in [6, 6.07) is 11.0. The molecule has 23 heavy (non-hydrogen) atoms. The molecule has 3 aromatic rings. The molecule has 0 aliphatic carbocycles. The van der Waals surface area contributed by atoms with Gasteiger partial charge in [0.2, 0.25) is 11.9 Å². The highest BCUT2D eigenvalue weighted by Crippen LogP contribution is 2.18. The Hall–Kier alpha value is -3.40. The molecule has 3 N–H and O–H groups in total. The predicted octanol–water partition coefficient (Wildman–Crippen LogP) is 1.92. The lowest BCUT2D eigenvalue weighted by Crippen LogP contribution is -2.13. The van der Waals surface area contributed by atoms with Gasteiger partial charge in [-0.25, -0.2) is 4.98 Å². The van der Waals surface area contributed by atoms with Crippen molar-refractivity contribution >= 4 is 28.6 Å². The van der Waals surface area contributed by atoms with Crippen molar-refractivity contribution in [2.45, 2.75) is 13.0 Å². The van der Waals surface area contributed by atoms with E-state index < -0.39 is 0 Å². The molecule has 2 aromatic heterocycles. The van der Waals surface area contributed by atoms with Crippen molar-refractivity contribution in [1.29, 1.82) is 5.26 Å². The lowest BCUT2D eigenvalue weighted by Gasteiger charge is -2.07. The van der Waals surface area contributed by atoms with Crippen LogP contribution in [0.3, 0.4) is 0 Å². The van der Waals surface area contributed by atoms with E-state index in [9.17, 15) is 4.79 Å². The van der Waals surface area contributed by atoms with Gasteiger partial charge in [-0.15, -0.1) is 0 Å². The molecular formula is C16H14N6O. The zero-order chi connectivity index (χ0) is 16.2. The van der Waals surface area contributed by atoms with E-state index >= 15 is 0 Å². The maximum atomic E-state index is 10.9. The number of nitrogens with two attached hydrogens (primary N) is 1. The third-order valence-corrected chi connectivity index (χ3v) is 3.35. The summed E-state index contributed by atoms with van der Waals surface area (Å²) >= 11 is 0. The van der Waals surface area contributed by atoms with Crippen LogP contribution >= 0.6 is 0 Å². The first-order valence-corrected chi connectivity index (χ1v) is 7.03. The van der Waals surface area contributed by atoms with E-state index in [0.29, 0.717) is 18.1 Å². The van der Waals surface area contributed by atoms with E-state index in [-0.39, 0.29) is 12.3 Å². The molecule has 0 saturated heterocycles. The van der Waals surface area contributed by atoms with Gasteiger partial charge in [-0.2, -0.15) is 10.2 Å². The monoisotopic (exact) mass is 306 g/mol. The highest BCUT2D eigenvalue weighted by atomic mass is 16.1. The highest BCUT2D eigenvalue weighted by molar-refractivity contribution is 5.77. The van der Waals surface area contributed by atoms with Crippen molar-refractivity contribution in [1.82, 2.24) is 14.5 Å². The summed E-state index contributed by atoms with van der Waals surface area (Å²) in [7, 11) is 0. The minimum Gasteiger partial charge on any atom is -0.370 e. The van der Waals surface area contributed by atoms with Crippen LogP contribution in [0.4, 0.5) is 11.6 Å². The number of amides is 1. The minimum absolute atomic E-state index is 0.251. The molecular weight excluding hydrogens is 292 g/mol. The van der Waals surface area contributed by atoms with Crippen molar-refractivity contribution in [3.63, 3.8) is 0 Å². The van der Waals surface area contributed by atoms with E-state index in [2.05, 4.69) is 21.4 Å². The van der Waals surface area contributed by atoms with Gasteiger partial charge in [0.25, 0.3) is 0 Å². The number of carbonyl (C=O) groups is 1. The number of hydrogen-bond acceptors (Lipinski definition) is 5. The van der Waals surface area contributed by atoms with Gasteiger partial charge in [-0.3, -0.25) is 4.79 Å². The topological polar surface area (TPSA) is 110 Å². The fourth-order valence-electron chi connectivity index (χ4n) is 2.24. The fraction of sp³-hybridized carbons (Fsp3) is 0.125. The summed E-state index contributed by atoms with van der Waals surface area (Å²) in [4.78, 5) is 19.7. The van der Waals surface area contributed by atoms with Crippen LogP contribution in [-0.2, 0) is 11.3 Å². The Morgan fingerprint density at radius 3 is 3.04 bits per heavy atom. The Kier molecular flexibility index (Phi) is 3.89. The average molecular weight is 306 g/mol. The van der Waals surface area contributed by atoms with Crippen molar-refractivity contribution in [3.8, 4) is 6.07 Å². The molecule has 0 bridgehead atoms. The quantitative estimate of drug-likeness (QED) is 0.748. The number of aryl methyl sites for hydroxylation is 1. The fourth-order valence-corrected chi connectivity index (χ4v) is 2.24. The van der Waals surface area contributed by atoms with E-state index in [4.69, 9.17) is 11.0 Å². The summed E-state index contributed by atoms with van der Waals surface area (Å²) in [5.74, 6) is 0.0687. The Morgan fingerprint density at radius 1 is 1.39 bits per heavy atom. The Balaban J connectivity index is 1.88. The Labute approximate surface area is 132 Å². The molecule has 114 valence electrons. The predicted molar refractivity (Wildman–Crippen MR) is 85.8 cm³/mol. The molecule has 0 fully saturated rings. The second-order valence-electron chi connectivity index (χ2n) is 5.02. The van der Waals surface area contributed by atoms with E-state index in [1.54, 1.807) is 24.4 Å². The number of primary amides is 1. The molecule has 0 unspecified atom stereocenters. The standard InChI is InChI=1S/C16H14N6O/c17-9-11-2-1-3-13(8-11)20-16-19-10-12-4-6-22(15(12)21-16)7-5-14(18)23/h1-4,6,8,10H,5,7H2,(H2,18,23)(H,19,20,21). The van der Waals surface area contributed by atoms with Gasteiger partial charge in [0, 0.05) is 36.4 Å². The van der Waals surface area contributed by atoms with Gasteiger partial charge in [0.05, 0.1) is 11.6 Å². The number of benzene rings is 1. The van der Waals surface area contributed by atoms with E-state index in [1.165, 1.54) is 0 Å². The molecule has 0 atom stereocenters. The number of rotatable bonds is 5. The van der Waals surface area contributed by atoms with Gasteiger partial charge >= 0.3 is 0 Å². The maximum absolute atomic E-state index is 10.9. The lowest BCUT2D eigenvalue weighted by molar-refractivity contribution is -0.118. The highest BCUT2D eigenvalue weighted by Gasteiger charge is 2.07. The van der Waals surface area contributed by atoms with Crippen LogP contribution in [0.2, 0.25) is 0 Å². The molecule has 1 amide bonds. The molecule has 0 saturated carbocycles. The molecule has 0 aliphatic heterocycles. The third kappa shape index (κ3) is 3.27. The summed E-state index contributed by atoms with van der Waals surface area (Å²) in [5.41, 5.74) is 7.20. The van der Waals surface area contributed by atoms with E-state index in [1.807, 2.05) is 22.9 Å². The molecule has 0 radical (unpaired) electrons. The number of aromatic nitrogens is 3. The first kappa shape index (κ1) is 14.5. The van der Waals surface area contributed by atoms with Gasteiger partial charge in [0.1, 0.15) is 5.65 Å². The first-order chi connectivity index (χ1) is 11.2. The SMILES string of the molecule is N#Cc1cccc(Nc2ncc3ccn(CCC(N)=O)c3n2)c1. The minimum atomic E-state index is -0.354. The summed E-state index contributed by atoms with van der Waals surface area (Å²) in [5, 5.41) is 12.9. The Morgan fingerprint density at radius 2 is 2.26 bits per heavy atom. The van der Waals surface area contributed by atoms with Crippen LogP contribution in [0.1, 0.15) is 12.0 Å². The zero-order valence-corrected chi connectivity index (χ0v) is 12.2. The molecule has 0 aliphatic rings. The molecule has 1 aromatic carbocycles. The van der Waals surface area contributed by atoms with Crippen LogP contribution < -0.4 is 11.1 Å².